The van der Waals surface area contributed by atoms with Crippen molar-refractivity contribution in [3.8, 4) is 0 Å². The summed E-state index contributed by atoms with van der Waals surface area (Å²) in [5.74, 6) is -0.372. The summed E-state index contributed by atoms with van der Waals surface area (Å²) in [4.78, 5) is 17.5. The van der Waals surface area contributed by atoms with Gasteiger partial charge in [-0.25, -0.2) is 4.79 Å². The summed E-state index contributed by atoms with van der Waals surface area (Å²) in [5, 5.41) is 0. The number of benzene rings is 1. The second-order valence-corrected chi connectivity index (χ2v) is 4.48. The van der Waals surface area contributed by atoms with E-state index in [2.05, 4.69) is 4.98 Å². The van der Waals surface area contributed by atoms with Gasteiger partial charge in [0, 0.05) is 26.0 Å². The Hall–Kier alpha value is -2.56. The van der Waals surface area contributed by atoms with Crippen molar-refractivity contribution in [1.29, 1.82) is 0 Å². The van der Waals surface area contributed by atoms with Crippen molar-refractivity contribution >= 4 is 17.3 Å². The van der Waals surface area contributed by atoms with Crippen LogP contribution in [0.25, 0.3) is 0 Å². The number of anilines is 2. The number of nitrogens with two attached hydrogens (primary N) is 1. The highest BCUT2D eigenvalue weighted by Crippen LogP contribution is 2.25. The third-order valence-electron chi connectivity index (χ3n) is 3.03. The molecule has 0 unspecified atom stereocenters. The first-order valence-electron chi connectivity index (χ1n) is 6.19. The first-order valence-corrected chi connectivity index (χ1v) is 6.19. The zero-order valence-electron chi connectivity index (χ0n) is 11.5. The number of pyridine rings is 1. The molecule has 0 radical (unpaired) electrons. The molecule has 2 aromatic rings. The summed E-state index contributed by atoms with van der Waals surface area (Å²) < 4.78 is 4.72. The summed E-state index contributed by atoms with van der Waals surface area (Å²) in [5.41, 5.74) is 9.00. The Balaban J connectivity index is 2.25. The Bertz CT molecular complexity index is 599. The van der Waals surface area contributed by atoms with Crippen molar-refractivity contribution in [3.63, 3.8) is 0 Å². The number of methoxy groups -OCH3 is 1. The summed E-state index contributed by atoms with van der Waals surface area (Å²) in [6.45, 7) is 0.678. The smallest absolute Gasteiger partial charge is 0.337 e. The van der Waals surface area contributed by atoms with Gasteiger partial charge >= 0.3 is 5.97 Å². The number of rotatable bonds is 4. The minimum atomic E-state index is -0.372. The maximum Gasteiger partial charge on any atom is 0.337 e. The molecular weight excluding hydrogens is 254 g/mol. The van der Waals surface area contributed by atoms with Gasteiger partial charge in [0.05, 0.1) is 24.0 Å². The molecule has 0 amide bonds. The van der Waals surface area contributed by atoms with Crippen LogP contribution in [0.4, 0.5) is 11.4 Å². The van der Waals surface area contributed by atoms with Gasteiger partial charge in [-0.1, -0.05) is 0 Å². The van der Waals surface area contributed by atoms with E-state index in [1.165, 1.54) is 7.11 Å². The molecule has 0 aliphatic carbocycles. The molecule has 2 N–H and O–H groups in total. The minimum absolute atomic E-state index is 0.372. The lowest BCUT2D eigenvalue weighted by Gasteiger charge is -2.21. The number of esters is 1. The number of aromatic nitrogens is 1. The van der Waals surface area contributed by atoms with Crippen LogP contribution in [0, 0.1) is 0 Å². The van der Waals surface area contributed by atoms with Crippen LogP contribution in [0.1, 0.15) is 15.9 Å². The molecule has 0 spiro atoms. The molecule has 0 aliphatic rings. The fourth-order valence-electron chi connectivity index (χ4n) is 1.97. The molecule has 2 rings (SSSR count). The normalized spacial score (nSPS) is 10.1. The second kappa shape index (κ2) is 6.06. The number of hydrogen-bond donors (Lipinski definition) is 1. The Morgan fingerprint density at radius 1 is 1.30 bits per heavy atom. The Morgan fingerprint density at radius 3 is 2.65 bits per heavy atom. The third-order valence-corrected chi connectivity index (χ3v) is 3.03. The molecule has 0 saturated carbocycles. The largest absolute Gasteiger partial charge is 0.465 e. The lowest BCUT2D eigenvalue weighted by atomic mass is 10.1. The van der Waals surface area contributed by atoms with Gasteiger partial charge in [-0.2, -0.15) is 0 Å². The molecule has 5 heteroatoms. The number of nitrogens with zero attached hydrogens (tertiary/aromatic N) is 2. The van der Waals surface area contributed by atoms with Gasteiger partial charge in [0.25, 0.3) is 0 Å². The molecule has 5 nitrogen and oxygen atoms in total. The number of carbonyl (C=O) groups excluding carboxylic acids is 1. The number of carbonyl (C=O) groups is 1. The average Bonchev–Trinajstić information content (AvgIpc) is 2.48. The van der Waals surface area contributed by atoms with Gasteiger partial charge in [-0.3, -0.25) is 4.98 Å². The minimum Gasteiger partial charge on any atom is -0.465 e. The van der Waals surface area contributed by atoms with E-state index in [1.54, 1.807) is 30.6 Å². The van der Waals surface area contributed by atoms with Crippen LogP contribution in [0.5, 0.6) is 0 Å². The van der Waals surface area contributed by atoms with Crippen molar-refractivity contribution in [2.75, 3.05) is 24.8 Å². The summed E-state index contributed by atoms with van der Waals surface area (Å²) in [6.07, 6.45) is 3.49. The predicted octanol–water partition coefficient (Wildman–Crippen LogP) is 2.09. The van der Waals surface area contributed by atoms with E-state index in [4.69, 9.17) is 10.5 Å². The molecule has 0 bridgehead atoms. The molecule has 20 heavy (non-hydrogen) atoms. The standard InChI is InChI=1S/C15H17N3O2/c1-18(10-11-5-7-17-8-6-11)14-9-12(15(19)20-2)3-4-13(14)16/h3-9H,10,16H2,1-2H3. The average molecular weight is 271 g/mol. The topological polar surface area (TPSA) is 68.5 Å². The fraction of sp³-hybridized carbons (Fsp3) is 0.200. The van der Waals surface area contributed by atoms with Gasteiger partial charge in [0.15, 0.2) is 0 Å². The van der Waals surface area contributed by atoms with Crippen LogP contribution in [0.15, 0.2) is 42.7 Å². The lowest BCUT2D eigenvalue weighted by Crippen LogP contribution is -2.18. The van der Waals surface area contributed by atoms with Gasteiger partial charge in [0.2, 0.25) is 0 Å². The SMILES string of the molecule is COC(=O)c1ccc(N)c(N(C)Cc2ccncc2)c1. The second-order valence-electron chi connectivity index (χ2n) is 4.48. The molecule has 0 fully saturated rings. The maximum atomic E-state index is 11.6. The van der Waals surface area contributed by atoms with Gasteiger partial charge in [-0.15, -0.1) is 0 Å². The van der Waals surface area contributed by atoms with E-state index in [9.17, 15) is 4.79 Å². The monoisotopic (exact) mass is 271 g/mol. The van der Waals surface area contributed by atoms with Gasteiger partial charge in [-0.05, 0) is 35.9 Å². The molecule has 1 aromatic carbocycles. The molecule has 0 aliphatic heterocycles. The Labute approximate surface area is 118 Å². The van der Waals surface area contributed by atoms with Crippen molar-refractivity contribution < 1.29 is 9.53 Å². The maximum absolute atomic E-state index is 11.6. The summed E-state index contributed by atoms with van der Waals surface area (Å²) in [6, 6.07) is 8.99. The van der Waals surface area contributed by atoms with E-state index in [0.29, 0.717) is 17.8 Å². The van der Waals surface area contributed by atoms with Gasteiger partial charge in [0.1, 0.15) is 0 Å². The van der Waals surface area contributed by atoms with E-state index in [0.717, 1.165) is 11.3 Å². The van der Waals surface area contributed by atoms with Crippen LogP contribution in [0.3, 0.4) is 0 Å². The Kier molecular flexibility index (Phi) is 4.20. The van der Waals surface area contributed by atoms with Crippen molar-refractivity contribution in [2.24, 2.45) is 0 Å². The van der Waals surface area contributed by atoms with Crippen LogP contribution in [-0.2, 0) is 11.3 Å². The zero-order chi connectivity index (χ0) is 14.5. The fourth-order valence-corrected chi connectivity index (χ4v) is 1.97. The van der Waals surface area contributed by atoms with Crippen LogP contribution < -0.4 is 10.6 Å². The van der Waals surface area contributed by atoms with Crippen molar-refractivity contribution in [3.05, 3.63) is 53.9 Å². The Morgan fingerprint density at radius 2 is 2.00 bits per heavy atom. The molecule has 1 heterocycles. The van der Waals surface area contributed by atoms with Crippen LogP contribution in [-0.4, -0.2) is 25.1 Å². The molecule has 1 aromatic heterocycles. The zero-order valence-corrected chi connectivity index (χ0v) is 11.5. The predicted molar refractivity (Wildman–Crippen MR) is 78.5 cm³/mol. The highest BCUT2D eigenvalue weighted by molar-refractivity contribution is 5.92. The van der Waals surface area contributed by atoms with Crippen LogP contribution >= 0.6 is 0 Å². The van der Waals surface area contributed by atoms with E-state index in [-0.39, 0.29) is 5.97 Å². The van der Waals surface area contributed by atoms with E-state index in [1.807, 2.05) is 24.1 Å². The number of hydrogen-bond acceptors (Lipinski definition) is 5. The lowest BCUT2D eigenvalue weighted by molar-refractivity contribution is 0.0601. The first kappa shape index (κ1) is 13.9. The van der Waals surface area contributed by atoms with E-state index >= 15 is 0 Å². The first-order chi connectivity index (χ1) is 9.61. The summed E-state index contributed by atoms with van der Waals surface area (Å²) >= 11 is 0. The van der Waals surface area contributed by atoms with Crippen molar-refractivity contribution in [1.82, 2.24) is 4.98 Å². The van der Waals surface area contributed by atoms with Gasteiger partial charge < -0.3 is 15.4 Å². The molecular formula is C15H17N3O2. The number of ether oxygens (including phenoxy) is 1. The van der Waals surface area contributed by atoms with E-state index < -0.39 is 0 Å². The third kappa shape index (κ3) is 3.06. The highest BCUT2D eigenvalue weighted by atomic mass is 16.5. The highest BCUT2D eigenvalue weighted by Gasteiger charge is 2.11. The summed E-state index contributed by atoms with van der Waals surface area (Å²) in [7, 11) is 3.28. The quantitative estimate of drug-likeness (QED) is 0.681. The molecule has 104 valence electrons. The molecule has 0 saturated heterocycles. The molecule has 0 atom stereocenters. The van der Waals surface area contributed by atoms with Crippen LogP contribution in [0.2, 0.25) is 0 Å². The number of nitrogen functional groups attached to an aromatic ring is 1. The van der Waals surface area contributed by atoms with Crippen molar-refractivity contribution in [2.45, 2.75) is 6.54 Å².